The number of hydrogen-bond donors (Lipinski definition) is 3. The number of aliphatic carboxylic acids is 2. The van der Waals surface area contributed by atoms with Crippen LogP contribution < -0.4 is 0 Å². The van der Waals surface area contributed by atoms with Crippen molar-refractivity contribution in [3.05, 3.63) is 39.5 Å². The Bertz CT molecular complexity index is 605. The predicted octanol–water partition coefficient (Wildman–Crippen LogP) is 3.07. The van der Waals surface area contributed by atoms with Crippen molar-refractivity contribution in [1.82, 2.24) is 4.90 Å². The Balaban J connectivity index is 0.000000450. The number of aryl methyl sites for hydroxylation is 1. The highest BCUT2D eigenvalue weighted by Gasteiger charge is 2.24. The molecule has 1 atom stereocenters. The van der Waals surface area contributed by atoms with E-state index in [2.05, 4.69) is 50.6 Å². The highest BCUT2D eigenvalue weighted by atomic mass is 127. The zero-order chi connectivity index (χ0) is 18.8. The van der Waals surface area contributed by atoms with Crippen LogP contribution in [0.15, 0.2) is 28.4 Å². The van der Waals surface area contributed by atoms with Crippen LogP contribution >= 0.6 is 22.6 Å². The largest absolute Gasteiger partial charge is 0.508 e. The second-order valence-electron chi connectivity index (χ2n) is 5.78. The first-order chi connectivity index (χ1) is 11.9. The molecule has 0 aromatic heterocycles. The number of fused-ring (bicyclic) bond motifs is 1. The molecule has 1 aromatic carbocycles. The molecule has 0 heterocycles. The molecule has 0 radical (unpaired) electrons. The van der Waals surface area contributed by atoms with Crippen LogP contribution in [0.3, 0.4) is 0 Å². The van der Waals surface area contributed by atoms with Crippen LogP contribution in [0.5, 0.6) is 5.75 Å². The molecule has 1 aromatic rings. The van der Waals surface area contributed by atoms with E-state index in [4.69, 9.17) is 19.8 Å². The van der Waals surface area contributed by atoms with Crippen molar-refractivity contribution < 1.29 is 24.9 Å². The Morgan fingerprint density at radius 2 is 2.00 bits per heavy atom. The molecule has 6 nitrogen and oxygen atoms in total. The molecule has 7 heteroatoms. The van der Waals surface area contributed by atoms with E-state index in [0.717, 1.165) is 25.9 Å². The van der Waals surface area contributed by atoms with Crippen LogP contribution in [-0.2, 0) is 22.4 Å². The summed E-state index contributed by atoms with van der Waals surface area (Å²) < 4.78 is 2.09. The molecule has 3 N–H and O–H groups in total. The molecule has 0 aliphatic heterocycles. The van der Waals surface area contributed by atoms with Crippen molar-refractivity contribution in [2.45, 2.75) is 38.6 Å². The lowest BCUT2D eigenvalue weighted by atomic mass is 9.86. The Morgan fingerprint density at radius 1 is 1.32 bits per heavy atom. The van der Waals surface area contributed by atoms with Gasteiger partial charge in [-0.2, -0.15) is 0 Å². The molecular formula is C18H24INO5. The summed E-state index contributed by atoms with van der Waals surface area (Å²) in [6, 6.07) is 6.49. The maximum atomic E-state index is 10.0. The first-order valence-corrected chi connectivity index (χ1v) is 9.40. The molecule has 2 rings (SSSR count). The maximum absolute atomic E-state index is 10.0. The summed E-state index contributed by atoms with van der Waals surface area (Å²) in [5.74, 6) is -3.17. The second kappa shape index (κ2) is 11.1. The van der Waals surface area contributed by atoms with Gasteiger partial charge < -0.3 is 15.3 Å². The summed E-state index contributed by atoms with van der Waals surface area (Å²) in [5, 5.41) is 24.8. The lowest BCUT2D eigenvalue weighted by Gasteiger charge is -2.34. The zero-order valence-electron chi connectivity index (χ0n) is 14.2. The van der Waals surface area contributed by atoms with E-state index in [1.54, 1.807) is 0 Å². The van der Waals surface area contributed by atoms with Crippen LogP contribution in [0.1, 0.15) is 30.9 Å². The van der Waals surface area contributed by atoms with Gasteiger partial charge in [-0.25, -0.2) is 9.59 Å². The van der Waals surface area contributed by atoms with Crippen LogP contribution in [0, 0.1) is 0 Å². The van der Waals surface area contributed by atoms with E-state index in [1.165, 1.54) is 24.0 Å². The van der Waals surface area contributed by atoms with E-state index in [-0.39, 0.29) is 0 Å². The summed E-state index contributed by atoms with van der Waals surface area (Å²) >= 11 is 2.28. The molecular weight excluding hydrogens is 437 g/mol. The fourth-order valence-corrected chi connectivity index (χ4v) is 3.18. The van der Waals surface area contributed by atoms with Crippen molar-refractivity contribution in [3.63, 3.8) is 0 Å². The fourth-order valence-electron chi connectivity index (χ4n) is 2.95. The molecule has 1 aliphatic rings. The number of halogens is 1. The smallest absolute Gasteiger partial charge is 0.414 e. The molecule has 0 saturated carbocycles. The predicted molar refractivity (Wildman–Crippen MR) is 104 cm³/mol. The summed E-state index contributed by atoms with van der Waals surface area (Å²) in [7, 11) is 0. The Labute approximate surface area is 161 Å². The number of carboxylic acids is 2. The van der Waals surface area contributed by atoms with Gasteiger partial charge in [-0.15, -0.1) is 0 Å². The standard InChI is InChI=1S/C16H22INO.C2H2O4/c1-2-10-18(11-4-9-17)14-8-7-13-5-3-6-16(19)15(13)12-14;3-1(4)2(5)6/h3-6,9,14,19H,2,7-8,10-12H2,1H3;(H,3,4)(H,5,6). The van der Waals surface area contributed by atoms with Gasteiger partial charge in [-0.3, -0.25) is 4.90 Å². The first-order valence-electron chi connectivity index (χ1n) is 8.15. The van der Waals surface area contributed by atoms with E-state index >= 15 is 0 Å². The van der Waals surface area contributed by atoms with Crippen molar-refractivity contribution in [3.8, 4) is 5.75 Å². The van der Waals surface area contributed by atoms with Gasteiger partial charge in [0.05, 0.1) is 0 Å². The quantitative estimate of drug-likeness (QED) is 0.461. The zero-order valence-corrected chi connectivity index (χ0v) is 16.3. The summed E-state index contributed by atoms with van der Waals surface area (Å²) in [6.07, 6.45) is 6.67. The highest BCUT2D eigenvalue weighted by Crippen LogP contribution is 2.30. The van der Waals surface area contributed by atoms with Gasteiger partial charge in [0.2, 0.25) is 0 Å². The normalized spacial score (nSPS) is 16.2. The Kier molecular flexibility index (Phi) is 9.51. The number of benzene rings is 1. The summed E-state index contributed by atoms with van der Waals surface area (Å²) in [5.41, 5.74) is 2.50. The van der Waals surface area contributed by atoms with Gasteiger partial charge in [-0.1, -0.05) is 47.7 Å². The van der Waals surface area contributed by atoms with Crippen LogP contribution in [0.25, 0.3) is 0 Å². The average molecular weight is 461 g/mol. The molecule has 25 heavy (non-hydrogen) atoms. The van der Waals surface area contributed by atoms with Crippen LogP contribution in [0.4, 0.5) is 0 Å². The van der Waals surface area contributed by atoms with Gasteiger partial charge in [0.1, 0.15) is 5.75 Å². The molecule has 138 valence electrons. The molecule has 1 unspecified atom stereocenters. The fraction of sp³-hybridized carbons (Fsp3) is 0.444. The van der Waals surface area contributed by atoms with Crippen molar-refractivity contribution in [2.75, 3.05) is 13.1 Å². The molecule has 0 amide bonds. The van der Waals surface area contributed by atoms with Crippen LogP contribution in [0.2, 0.25) is 0 Å². The molecule has 0 bridgehead atoms. The summed E-state index contributed by atoms with van der Waals surface area (Å²) in [6.45, 7) is 4.38. The van der Waals surface area contributed by atoms with Crippen LogP contribution in [-0.4, -0.2) is 51.3 Å². The van der Waals surface area contributed by atoms with Gasteiger partial charge in [0.25, 0.3) is 0 Å². The van der Waals surface area contributed by atoms with Crippen molar-refractivity contribution in [1.29, 1.82) is 0 Å². The van der Waals surface area contributed by atoms with E-state index in [1.807, 2.05) is 12.1 Å². The Morgan fingerprint density at radius 3 is 2.56 bits per heavy atom. The highest BCUT2D eigenvalue weighted by molar-refractivity contribution is 14.1. The van der Waals surface area contributed by atoms with E-state index in [9.17, 15) is 5.11 Å². The lowest BCUT2D eigenvalue weighted by molar-refractivity contribution is -0.159. The minimum Gasteiger partial charge on any atom is -0.508 e. The number of hydrogen-bond acceptors (Lipinski definition) is 4. The SMILES string of the molecule is CCCN(CC=CI)C1CCc2cccc(O)c2C1.O=C(O)C(=O)O. The number of aromatic hydroxyl groups is 1. The third kappa shape index (κ3) is 7.03. The van der Waals surface area contributed by atoms with E-state index < -0.39 is 11.9 Å². The second-order valence-corrected chi connectivity index (χ2v) is 6.50. The average Bonchev–Trinajstić information content (AvgIpc) is 2.59. The molecule has 0 spiro atoms. The topological polar surface area (TPSA) is 98.1 Å². The number of phenols is 1. The summed E-state index contributed by atoms with van der Waals surface area (Å²) in [4.78, 5) is 20.7. The van der Waals surface area contributed by atoms with Gasteiger partial charge >= 0.3 is 11.9 Å². The van der Waals surface area contributed by atoms with Crippen molar-refractivity contribution in [2.24, 2.45) is 0 Å². The van der Waals surface area contributed by atoms with Gasteiger partial charge in [0, 0.05) is 12.6 Å². The number of carbonyl (C=O) groups is 2. The number of nitrogens with zero attached hydrogens (tertiary/aromatic N) is 1. The molecule has 0 fully saturated rings. The maximum Gasteiger partial charge on any atom is 0.414 e. The molecule has 0 saturated heterocycles. The minimum atomic E-state index is -1.82. The number of phenolic OH excluding ortho intramolecular Hbond substituents is 1. The number of rotatable bonds is 5. The minimum absolute atomic E-state index is 0.475. The van der Waals surface area contributed by atoms with Gasteiger partial charge in [-0.05, 0) is 53.5 Å². The lowest BCUT2D eigenvalue weighted by Crippen LogP contribution is -2.40. The molecule has 1 aliphatic carbocycles. The number of carboxylic acid groups (broad SMARTS) is 2. The Hall–Kier alpha value is -1.61. The van der Waals surface area contributed by atoms with E-state index in [0.29, 0.717) is 11.8 Å². The monoisotopic (exact) mass is 461 g/mol. The third-order valence-corrected chi connectivity index (χ3v) is 4.58. The van der Waals surface area contributed by atoms with Gasteiger partial charge in [0.15, 0.2) is 0 Å². The third-order valence-electron chi connectivity index (χ3n) is 4.07. The van der Waals surface area contributed by atoms with Crippen molar-refractivity contribution >= 4 is 34.5 Å². The first kappa shape index (κ1) is 21.4.